The minimum Gasteiger partial charge on any atom is -0.468 e. The van der Waals surface area contributed by atoms with Gasteiger partial charge in [0.15, 0.2) is 11.8 Å². The van der Waals surface area contributed by atoms with E-state index in [2.05, 4.69) is 43.9 Å². The van der Waals surface area contributed by atoms with Crippen molar-refractivity contribution in [1.29, 1.82) is 0 Å². The molecule has 1 saturated heterocycles. The Balaban J connectivity index is 0.00000289. The first-order valence-corrected chi connectivity index (χ1v) is 10.9. The number of hydrogen-bond acceptors (Lipinski definition) is 5. The van der Waals surface area contributed by atoms with Crippen LogP contribution in [0.3, 0.4) is 0 Å². The molecular formula is C23H32IN7O. The number of furan rings is 1. The van der Waals surface area contributed by atoms with E-state index >= 15 is 0 Å². The maximum Gasteiger partial charge on any atom is 0.192 e. The van der Waals surface area contributed by atoms with Crippen LogP contribution in [-0.4, -0.2) is 45.3 Å². The largest absolute Gasteiger partial charge is 0.468 e. The molecule has 9 heteroatoms. The molecule has 4 rings (SSSR count). The average molecular weight is 549 g/mol. The summed E-state index contributed by atoms with van der Waals surface area (Å²) in [6, 6.07) is 14.5. The molecule has 8 nitrogen and oxygen atoms in total. The third kappa shape index (κ3) is 6.32. The van der Waals surface area contributed by atoms with Crippen molar-refractivity contribution in [1.82, 2.24) is 30.3 Å². The molecule has 3 aromatic rings. The summed E-state index contributed by atoms with van der Waals surface area (Å²) in [6.45, 7) is 6.00. The van der Waals surface area contributed by atoms with Crippen LogP contribution >= 0.6 is 24.0 Å². The van der Waals surface area contributed by atoms with Crippen LogP contribution in [0.1, 0.15) is 41.9 Å². The number of rotatable bonds is 8. The Kier molecular flexibility index (Phi) is 9.10. The zero-order chi connectivity index (χ0) is 21.5. The van der Waals surface area contributed by atoms with E-state index in [0.717, 1.165) is 36.5 Å². The maximum absolute atomic E-state index is 5.75. The monoisotopic (exact) mass is 549 g/mol. The molecule has 1 atom stereocenters. The Morgan fingerprint density at radius 1 is 1.09 bits per heavy atom. The van der Waals surface area contributed by atoms with Crippen LogP contribution in [0.2, 0.25) is 0 Å². The van der Waals surface area contributed by atoms with Gasteiger partial charge in [-0.05, 0) is 50.6 Å². The number of aromatic nitrogens is 3. The lowest BCUT2D eigenvalue weighted by Gasteiger charge is -2.26. The second-order valence-corrected chi connectivity index (χ2v) is 7.88. The standard InChI is InChI=1S/C23H31N7O.HI/c1-18-27-28-22(29(18)2)17-26-23(24-15-19-9-4-3-5-10-19)25-16-20(21-11-8-14-31-21)30-12-6-7-13-30;/h3-5,8-11,14,20H,6-7,12-13,15-17H2,1-2H3,(H2,24,25,26);1H. The summed E-state index contributed by atoms with van der Waals surface area (Å²) in [5.41, 5.74) is 1.17. The Morgan fingerprint density at radius 2 is 1.88 bits per heavy atom. The molecule has 0 bridgehead atoms. The van der Waals surface area contributed by atoms with E-state index in [0.29, 0.717) is 19.6 Å². The molecule has 1 aliphatic heterocycles. The second-order valence-electron chi connectivity index (χ2n) is 7.88. The normalized spacial score (nSPS) is 15.4. The Bertz CT molecular complexity index is 966. The summed E-state index contributed by atoms with van der Waals surface area (Å²) in [5.74, 6) is 3.49. The van der Waals surface area contributed by atoms with Crippen molar-refractivity contribution < 1.29 is 4.42 Å². The number of guanidine groups is 1. The maximum atomic E-state index is 5.75. The molecule has 1 fully saturated rings. The van der Waals surface area contributed by atoms with Gasteiger partial charge in [-0.25, -0.2) is 4.99 Å². The van der Waals surface area contributed by atoms with E-state index in [4.69, 9.17) is 9.41 Å². The van der Waals surface area contributed by atoms with Crippen LogP contribution in [0.25, 0.3) is 0 Å². The number of nitrogens with zero attached hydrogens (tertiary/aromatic N) is 5. The molecule has 1 unspecified atom stereocenters. The van der Waals surface area contributed by atoms with Crippen LogP contribution in [0.4, 0.5) is 0 Å². The van der Waals surface area contributed by atoms with Gasteiger partial charge in [-0.3, -0.25) is 4.90 Å². The van der Waals surface area contributed by atoms with Crippen molar-refractivity contribution in [3.8, 4) is 0 Å². The zero-order valence-corrected chi connectivity index (χ0v) is 21.0. The molecule has 172 valence electrons. The summed E-state index contributed by atoms with van der Waals surface area (Å²) >= 11 is 0. The fraction of sp³-hybridized carbons (Fsp3) is 0.435. The average Bonchev–Trinajstić information content (AvgIpc) is 3.56. The fourth-order valence-electron chi connectivity index (χ4n) is 3.83. The van der Waals surface area contributed by atoms with Gasteiger partial charge in [0.1, 0.15) is 11.6 Å². The minimum absolute atomic E-state index is 0. The van der Waals surface area contributed by atoms with Gasteiger partial charge in [0.25, 0.3) is 0 Å². The number of benzene rings is 1. The van der Waals surface area contributed by atoms with E-state index in [-0.39, 0.29) is 30.0 Å². The van der Waals surface area contributed by atoms with E-state index in [1.54, 1.807) is 6.26 Å². The predicted molar refractivity (Wildman–Crippen MR) is 136 cm³/mol. The van der Waals surface area contributed by atoms with Gasteiger partial charge in [0.05, 0.1) is 25.4 Å². The lowest BCUT2D eigenvalue weighted by atomic mass is 10.2. The van der Waals surface area contributed by atoms with Crippen LogP contribution in [0, 0.1) is 6.92 Å². The molecule has 2 N–H and O–H groups in total. The molecule has 0 saturated carbocycles. The Morgan fingerprint density at radius 3 is 2.53 bits per heavy atom. The van der Waals surface area contributed by atoms with Gasteiger partial charge in [-0.15, -0.1) is 34.2 Å². The van der Waals surface area contributed by atoms with Crippen molar-refractivity contribution in [2.24, 2.45) is 12.0 Å². The molecule has 0 spiro atoms. The van der Waals surface area contributed by atoms with Crippen LogP contribution in [0.5, 0.6) is 0 Å². The number of aryl methyl sites for hydroxylation is 1. The smallest absolute Gasteiger partial charge is 0.192 e. The molecule has 0 radical (unpaired) electrons. The molecule has 1 aliphatic rings. The first-order valence-electron chi connectivity index (χ1n) is 10.9. The summed E-state index contributed by atoms with van der Waals surface area (Å²) in [4.78, 5) is 7.29. The summed E-state index contributed by atoms with van der Waals surface area (Å²) < 4.78 is 7.74. The lowest BCUT2D eigenvalue weighted by Crippen LogP contribution is -2.42. The molecule has 0 aliphatic carbocycles. The van der Waals surface area contributed by atoms with Crippen molar-refractivity contribution in [3.05, 3.63) is 71.7 Å². The topological polar surface area (TPSA) is 83.5 Å². The highest BCUT2D eigenvalue weighted by atomic mass is 127. The number of nitrogens with one attached hydrogen (secondary N) is 2. The first-order chi connectivity index (χ1) is 15.2. The highest BCUT2D eigenvalue weighted by Crippen LogP contribution is 2.24. The number of halogens is 1. The molecule has 2 aromatic heterocycles. The van der Waals surface area contributed by atoms with Gasteiger partial charge in [-0.1, -0.05) is 30.3 Å². The number of aliphatic imine (C=N–C) groups is 1. The van der Waals surface area contributed by atoms with Gasteiger partial charge >= 0.3 is 0 Å². The van der Waals surface area contributed by atoms with Crippen molar-refractivity contribution in [2.75, 3.05) is 19.6 Å². The Hall–Kier alpha value is -2.40. The Labute approximate surface area is 206 Å². The first kappa shape index (κ1) is 24.2. The van der Waals surface area contributed by atoms with Crippen molar-refractivity contribution in [3.63, 3.8) is 0 Å². The predicted octanol–water partition coefficient (Wildman–Crippen LogP) is 3.41. The molecule has 0 amide bonds. The highest BCUT2D eigenvalue weighted by Gasteiger charge is 2.25. The van der Waals surface area contributed by atoms with Gasteiger partial charge < -0.3 is 19.6 Å². The summed E-state index contributed by atoms with van der Waals surface area (Å²) in [5, 5.41) is 15.3. The van der Waals surface area contributed by atoms with E-state index < -0.39 is 0 Å². The summed E-state index contributed by atoms with van der Waals surface area (Å²) in [7, 11) is 1.97. The summed E-state index contributed by atoms with van der Waals surface area (Å²) in [6.07, 6.45) is 4.21. The lowest BCUT2D eigenvalue weighted by molar-refractivity contribution is 0.215. The fourth-order valence-corrected chi connectivity index (χ4v) is 3.83. The van der Waals surface area contributed by atoms with Gasteiger partial charge in [0.2, 0.25) is 0 Å². The van der Waals surface area contributed by atoms with Gasteiger partial charge in [-0.2, -0.15) is 0 Å². The van der Waals surface area contributed by atoms with E-state index in [1.807, 2.05) is 42.8 Å². The van der Waals surface area contributed by atoms with Crippen LogP contribution in [0.15, 0.2) is 58.1 Å². The van der Waals surface area contributed by atoms with Crippen molar-refractivity contribution >= 4 is 29.9 Å². The zero-order valence-electron chi connectivity index (χ0n) is 18.7. The molecular weight excluding hydrogens is 517 g/mol. The van der Waals surface area contributed by atoms with E-state index in [1.165, 1.54) is 18.4 Å². The number of hydrogen-bond donors (Lipinski definition) is 2. The van der Waals surface area contributed by atoms with E-state index in [9.17, 15) is 0 Å². The second kappa shape index (κ2) is 12.0. The number of likely N-dealkylation sites (tertiary alicyclic amines) is 1. The minimum atomic E-state index is 0. The molecule has 32 heavy (non-hydrogen) atoms. The van der Waals surface area contributed by atoms with Gasteiger partial charge in [0, 0.05) is 13.6 Å². The van der Waals surface area contributed by atoms with Crippen LogP contribution in [-0.2, 0) is 20.1 Å². The quantitative estimate of drug-likeness (QED) is 0.255. The molecule has 1 aromatic carbocycles. The van der Waals surface area contributed by atoms with Crippen molar-refractivity contribution in [2.45, 2.75) is 38.9 Å². The third-order valence-electron chi connectivity index (χ3n) is 5.78. The third-order valence-corrected chi connectivity index (χ3v) is 5.78. The van der Waals surface area contributed by atoms with Crippen LogP contribution < -0.4 is 10.6 Å². The highest BCUT2D eigenvalue weighted by molar-refractivity contribution is 14.0. The SMILES string of the molecule is Cc1nnc(CNC(=NCc2ccccc2)NCC(c2ccco2)N2CCCC2)n1C.I. The molecule has 3 heterocycles.